The van der Waals surface area contributed by atoms with Crippen molar-refractivity contribution in [3.63, 3.8) is 0 Å². The maximum atomic E-state index is 5.89. The predicted molar refractivity (Wildman–Crippen MR) is 85.6 cm³/mol. The van der Waals surface area contributed by atoms with Gasteiger partial charge in [-0.3, -0.25) is 16.2 Å². The van der Waals surface area contributed by atoms with Crippen LogP contribution in [0.4, 0.5) is 0 Å². The summed E-state index contributed by atoms with van der Waals surface area (Å²) >= 11 is 0. The monoisotopic (exact) mass is 285 g/mol. The number of likely N-dealkylation sites (N-methyl/N-ethyl adjacent to an activating group) is 1. The second-order valence-corrected chi connectivity index (χ2v) is 5.99. The Kier molecular flexibility index (Phi) is 10.3. The normalized spacial score (nSPS) is 22.1. The minimum Gasteiger partial charge on any atom is -0.374 e. The highest BCUT2D eigenvalue weighted by Crippen LogP contribution is 2.15. The topological polar surface area (TPSA) is 50.5 Å². The van der Waals surface area contributed by atoms with Gasteiger partial charge in [-0.15, -0.1) is 0 Å². The average molecular weight is 285 g/mol. The largest absolute Gasteiger partial charge is 0.374 e. The van der Waals surface area contributed by atoms with Gasteiger partial charge in [0.25, 0.3) is 0 Å². The minimum atomic E-state index is 0.258. The van der Waals surface area contributed by atoms with Crippen LogP contribution in [0.5, 0.6) is 0 Å². The van der Waals surface area contributed by atoms with Gasteiger partial charge >= 0.3 is 0 Å². The van der Waals surface area contributed by atoms with Gasteiger partial charge in [0.15, 0.2) is 0 Å². The summed E-state index contributed by atoms with van der Waals surface area (Å²) < 4.78 is 5.89. The zero-order chi connectivity index (χ0) is 14.6. The van der Waals surface area contributed by atoms with Crippen LogP contribution in [0.15, 0.2) is 0 Å². The van der Waals surface area contributed by atoms with Crippen molar-refractivity contribution < 1.29 is 4.74 Å². The van der Waals surface area contributed by atoms with Crippen molar-refractivity contribution in [1.29, 1.82) is 0 Å². The van der Waals surface area contributed by atoms with Crippen molar-refractivity contribution in [2.75, 3.05) is 26.2 Å². The molecule has 0 aromatic heterocycles. The third-order valence-electron chi connectivity index (χ3n) is 4.41. The number of hydrazine groups is 1. The van der Waals surface area contributed by atoms with Crippen molar-refractivity contribution in [2.24, 2.45) is 5.84 Å². The van der Waals surface area contributed by atoms with Crippen LogP contribution < -0.4 is 11.3 Å². The fourth-order valence-corrected chi connectivity index (χ4v) is 2.96. The number of morpholine rings is 1. The molecule has 3 N–H and O–H groups in total. The van der Waals surface area contributed by atoms with Gasteiger partial charge in [0.1, 0.15) is 0 Å². The lowest BCUT2D eigenvalue weighted by Crippen LogP contribution is -2.53. The number of ether oxygens (including phenoxy) is 1. The molecule has 0 amide bonds. The molecule has 0 radical (unpaired) electrons. The second-order valence-electron chi connectivity index (χ2n) is 5.99. The molecule has 0 aromatic rings. The Bertz CT molecular complexity index is 226. The summed E-state index contributed by atoms with van der Waals surface area (Å²) in [6, 6.07) is 0.306. The van der Waals surface area contributed by atoms with E-state index in [2.05, 4.69) is 24.2 Å². The number of hydrogen-bond donors (Lipinski definition) is 2. The molecule has 0 aromatic carbocycles. The lowest BCUT2D eigenvalue weighted by molar-refractivity contribution is -0.0465. The Balaban J connectivity index is 2.12. The standard InChI is InChI=1S/C16H35N3O/c1-3-5-6-7-8-9-10-11-15(18-17)16-14-19(4-2)12-13-20-16/h15-16,18H,3-14,17H2,1-2H3. The van der Waals surface area contributed by atoms with E-state index in [1.807, 2.05) is 0 Å². The summed E-state index contributed by atoms with van der Waals surface area (Å²) in [5.74, 6) is 5.72. The highest BCUT2D eigenvalue weighted by atomic mass is 16.5. The molecule has 1 aliphatic heterocycles. The van der Waals surface area contributed by atoms with E-state index < -0.39 is 0 Å². The first-order valence-electron chi connectivity index (χ1n) is 8.61. The quantitative estimate of drug-likeness (QED) is 0.348. The fraction of sp³-hybridized carbons (Fsp3) is 1.00. The minimum absolute atomic E-state index is 0.258. The highest BCUT2D eigenvalue weighted by molar-refractivity contribution is 4.81. The van der Waals surface area contributed by atoms with Crippen LogP contribution >= 0.6 is 0 Å². The van der Waals surface area contributed by atoms with Gasteiger partial charge in [0.05, 0.1) is 12.7 Å². The van der Waals surface area contributed by atoms with E-state index in [1.54, 1.807) is 0 Å². The van der Waals surface area contributed by atoms with E-state index in [1.165, 1.54) is 44.9 Å². The highest BCUT2D eigenvalue weighted by Gasteiger charge is 2.26. The lowest BCUT2D eigenvalue weighted by atomic mass is 10.0. The summed E-state index contributed by atoms with van der Waals surface area (Å²) in [7, 11) is 0. The SMILES string of the molecule is CCCCCCCCCC(NN)C1CN(CC)CCO1. The van der Waals surface area contributed by atoms with E-state index in [9.17, 15) is 0 Å². The molecular weight excluding hydrogens is 250 g/mol. The Morgan fingerprint density at radius 2 is 1.85 bits per heavy atom. The van der Waals surface area contributed by atoms with E-state index in [0.717, 1.165) is 32.7 Å². The number of nitrogens with two attached hydrogens (primary N) is 1. The molecule has 0 bridgehead atoms. The Morgan fingerprint density at radius 1 is 1.15 bits per heavy atom. The molecule has 0 spiro atoms. The van der Waals surface area contributed by atoms with Crippen LogP contribution in [-0.4, -0.2) is 43.3 Å². The Labute approximate surface area is 125 Å². The smallest absolute Gasteiger partial charge is 0.0868 e. The number of rotatable bonds is 11. The summed E-state index contributed by atoms with van der Waals surface area (Å²) in [6.45, 7) is 8.50. The zero-order valence-electron chi connectivity index (χ0n) is 13.6. The van der Waals surface area contributed by atoms with Crippen molar-refractivity contribution in [1.82, 2.24) is 10.3 Å². The first kappa shape index (κ1) is 17.9. The maximum Gasteiger partial charge on any atom is 0.0868 e. The first-order valence-corrected chi connectivity index (χ1v) is 8.61. The van der Waals surface area contributed by atoms with Crippen molar-refractivity contribution in [3.05, 3.63) is 0 Å². The molecule has 1 aliphatic rings. The average Bonchev–Trinajstić information content (AvgIpc) is 2.50. The number of nitrogens with one attached hydrogen (secondary N) is 1. The van der Waals surface area contributed by atoms with Gasteiger partial charge in [0, 0.05) is 19.1 Å². The van der Waals surface area contributed by atoms with Crippen LogP contribution in [0.25, 0.3) is 0 Å². The number of hydrogen-bond acceptors (Lipinski definition) is 4. The van der Waals surface area contributed by atoms with Crippen LogP contribution in [0.3, 0.4) is 0 Å². The van der Waals surface area contributed by atoms with Crippen LogP contribution in [0.2, 0.25) is 0 Å². The molecule has 2 atom stereocenters. The molecule has 0 saturated carbocycles. The van der Waals surface area contributed by atoms with Crippen molar-refractivity contribution >= 4 is 0 Å². The fourth-order valence-electron chi connectivity index (χ4n) is 2.96. The van der Waals surface area contributed by atoms with E-state index in [4.69, 9.17) is 10.6 Å². The molecule has 0 aliphatic carbocycles. The van der Waals surface area contributed by atoms with Crippen molar-refractivity contribution in [2.45, 2.75) is 77.4 Å². The van der Waals surface area contributed by atoms with E-state index in [0.29, 0.717) is 6.04 Å². The van der Waals surface area contributed by atoms with Crippen molar-refractivity contribution in [3.8, 4) is 0 Å². The number of nitrogens with zero attached hydrogens (tertiary/aromatic N) is 1. The maximum absolute atomic E-state index is 5.89. The van der Waals surface area contributed by atoms with E-state index >= 15 is 0 Å². The Morgan fingerprint density at radius 3 is 2.50 bits per heavy atom. The van der Waals surface area contributed by atoms with Crippen LogP contribution in [-0.2, 0) is 4.74 Å². The Hall–Kier alpha value is -0.160. The van der Waals surface area contributed by atoms with Gasteiger partial charge in [-0.25, -0.2) is 0 Å². The second kappa shape index (κ2) is 11.5. The van der Waals surface area contributed by atoms with E-state index in [-0.39, 0.29) is 6.10 Å². The lowest BCUT2D eigenvalue weighted by Gasteiger charge is -2.36. The summed E-state index contributed by atoms with van der Waals surface area (Å²) in [5.41, 5.74) is 2.98. The molecule has 20 heavy (non-hydrogen) atoms. The first-order chi connectivity index (χ1) is 9.81. The van der Waals surface area contributed by atoms with Gasteiger partial charge in [-0.05, 0) is 13.0 Å². The summed E-state index contributed by atoms with van der Waals surface area (Å²) in [6.07, 6.45) is 10.8. The molecule has 1 saturated heterocycles. The molecular formula is C16H35N3O. The zero-order valence-corrected chi connectivity index (χ0v) is 13.6. The predicted octanol–water partition coefficient (Wildman–Crippen LogP) is 2.68. The third-order valence-corrected chi connectivity index (χ3v) is 4.41. The third kappa shape index (κ3) is 7.02. The summed E-state index contributed by atoms with van der Waals surface area (Å²) in [5, 5.41) is 0. The van der Waals surface area contributed by atoms with Crippen LogP contribution in [0.1, 0.15) is 65.2 Å². The number of unbranched alkanes of at least 4 members (excludes halogenated alkanes) is 6. The van der Waals surface area contributed by atoms with Gasteiger partial charge in [0.2, 0.25) is 0 Å². The molecule has 120 valence electrons. The molecule has 1 fully saturated rings. The van der Waals surface area contributed by atoms with Crippen LogP contribution in [0, 0.1) is 0 Å². The van der Waals surface area contributed by atoms with Gasteiger partial charge in [-0.2, -0.15) is 0 Å². The molecule has 2 unspecified atom stereocenters. The van der Waals surface area contributed by atoms with Gasteiger partial charge < -0.3 is 4.74 Å². The molecule has 1 rings (SSSR count). The molecule has 1 heterocycles. The van der Waals surface area contributed by atoms with Gasteiger partial charge in [-0.1, -0.05) is 58.8 Å². The summed E-state index contributed by atoms with van der Waals surface area (Å²) in [4.78, 5) is 2.45. The molecule has 4 heteroatoms. The molecule has 4 nitrogen and oxygen atoms in total.